The molecule has 1 saturated carbocycles. The molecule has 4 heteroatoms. The molecule has 1 aromatic rings. The van der Waals surface area contributed by atoms with Crippen molar-refractivity contribution in [3.05, 3.63) is 16.4 Å². The van der Waals surface area contributed by atoms with Gasteiger partial charge in [0, 0.05) is 19.0 Å². The van der Waals surface area contributed by atoms with Crippen molar-refractivity contribution in [3.8, 4) is 0 Å². The second-order valence-corrected chi connectivity index (χ2v) is 7.33. The molecule has 1 aliphatic rings. The molecule has 0 spiro atoms. The fourth-order valence-electron chi connectivity index (χ4n) is 3.69. The van der Waals surface area contributed by atoms with E-state index in [1.54, 1.807) is 0 Å². The molecule has 0 bridgehead atoms. The van der Waals surface area contributed by atoms with Crippen molar-refractivity contribution >= 4 is 11.6 Å². The van der Waals surface area contributed by atoms with E-state index in [2.05, 4.69) is 25.9 Å². The summed E-state index contributed by atoms with van der Waals surface area (Å²) in [6.45, 7) is 9.61. The zero-order valence-electron chi connectivity index (χ0n) is 13.9. The van der Waals surface area contributed by atoms with Crippen LogP contribution in [-0.2, 0) is 13.0 Å². The van der Waals surface area contributed by atoms with Gasteiger partial charge in [0.2, 0.25) is 0 Å². The van der Waals surface area contributed by atoms with Gasteiger partial charge in [-0.25, -0.2) is 0 Å². The van der Waals surface area contributed by atoms with Crippen LogP contribution in [0.1, 0.15) is 57.8 Å². The Morgan fingerprint density at radius 1 is 1.24 bits per heavy atom. The molecule has 2 N–H and O–H groups in total. The number of hydrogen-bond acceptors (Lipinski definition) is 2. The standard InChI is InChI=1S/C17H30ClN3/c1-5-21-16(17(18)12(4)20-21)10-15(19)14-8-6-13(7-9-14)11(2)3/h11,13-15H,5-10,19H2,1-4H3. The summed E-state index contributed by atoms with van der Waals surface area (Å²) in [4.78, 5) is 0. The minimum atomic E-state index is 0.206. The van der Waals surface area contributed by atoms with Gasteiger partial charge >= 0.3 is 0 Å². The van der Waals surface area contributed by atoms with E-state index in [4.69, 9.17) is 17.3 Å². The van der Waals surface area contributed by atoms with Gasteiger partial charge in [-0.15, -0.1) is 0 Å². The van der Waals surface area contributed by atoms with E-state index in [0.717, 1.165) is 41.2 Å². The van der Waals surface area contributed by atoms with Crippen LogP contribution < -0.4 is 5.73 Å². The number of hydrogen-bond donors (Lipinski definition) is 1. The van der Waals surface area contributed by atoms with Crippen molar-refractivity contribution in [1.82, 2.24) is 9.78 Å². The van der Waals surface area contributed by atoms with Gasteiger partial charge in [0.15, 0.2) is 0 Å². The lowest BCUT2D eigenvalue weighted by Gasteiger charge is -2.34. The van der Waals surface area contributed by atoms with Gasteiger partial charge in [-0.2, -0.15) is 5.10 Å². The van der Waals surface area contributed by atoms with Gasteiger partial charge in [-0.05, 0) is 57.3 Å². The quantitative estimate of drug-likeness (QED) is 0.885. The molecular formula is C17H30ClN3. The molecule has 0 saturated heterocycles. The largest absolute Gasteiger partial charge is 0.327 e. The van der Waals surface area contributed by atoms with Crippen molar-refractivity contribution in [2.75, 3.05) is 0 Å². The number of halogens is 1. The maximum Gasteiger partial charge on any atom is 0.0847 e. The Labute approximate surface area is 134 Å². The molecule has 1 aliphatic carbocycles. The number of nitrogens with two attached hydrogens (primary N) is 1. The van der Waals surface area contributed by atoms with Crippen LogP contribution in [0.15, 0.2) is 0 Å². The average molecular weight is 312 g/mol. The summed E-state index contributed by atoms with van der Waals surface area (Å²) in [5, 5.41) is 5.30. The lowest BCUT2D eigenvalue weighted by atomic mass is 9.74. The SMILES string of the molecule is CCn1nc(C)c(Cl)c1CC(N)C1CCC(C(C)C)CC1. The first kappa shape index (κ1) is 16.8. The molecule has 0 amide bonds. The zero-order valence-corrected chi connectivity index (χ0v) is 14.7. The van der Waals surface area contributed by atoms with Gasteiger partial charge in [-0.3, -0.25) is 4.68 Å². The lowest BCUT2D eigenvalue weighted by molar-refractivity contribution is 0.201. The maximum absolute atomic E-state index is 6.50. The average Bonchev–Trinajstić information content (AvgIpc) is 2.75. The molecule has 1 unspecified atom stereocenters. The smallest absolute Gasteiger partial charge is 0.0847 e. The molecular weight excluding hydrogens is 282 g/mol. The molecule has 3 nitrogen and oxygen atoms in total. The minimum Gasteiger partial charge on any atom is -0.327 e. The molecule has 2 rings (SSSR count). The number of aryl methyl sites for hydroxylation is 2. The van der Waals surface area contributed by atoms with Gasteiger partial charge in [0.05, 0.1) is 16.4 Å². The molecule has 0 aliphatic heterocycles. The third-order valence-electron chi connectivity index (χ3n) is 5.25. The maximum atomic E-state index is 6.50. The highest BCUT2D eigenvalue weighted by Gasteiger charge is 2.28. The highest BCUT2D eigenvalue weighted by Crippen LogP contribution is 2.35. The Morgan fingerprint density at radius 3 is 2.33 bits per heavy atom. The van der Waals surface area contributed by atoms with Crippen LogP contribution in [0.25, 0.3) is 0 Å². The van der Waals surface area contributed by atoms with Crippen molar-refractivity contribution in [3.63, 3.8) is 0 Å². The summed E-state index contributed by atoms with van der Waals surface area (Å²) in [5.74, 6) is 2.33. The van der Waals surface area contributed by atoms with E-state index in [-0.39, 0.29) is 6.04 Å². The summed E-state index contributed by atoms with van der Waals surface area (Å²) in [6, 6.07) is 0.206. The molecule has 120 valence electrons. The first-order valence-electron chi connectivity index (χ1n) is 8.41. The Hall–Kier alpha value is -0.540. The summed E-state index contributed by atoms with van der Waals surface area (Å²) < 4.78 is 2.01. The lowest BCUT2D eigenvalue weighted by Crippen LogP contribution is -2.36. The second kappa shape index (κ2) is 7.15. The summed E-state index contributed by atoms with van der Waals surface area (Å²) in [7, 11) is 0. The van der Waals surface area contributed by atoms with E-state index in [1.807, 2.05) is 11.6 Å². The van der Waals surface area contributed by atoms with Crippen LogP contribution in [0.3, 0.4) is 0 Å². The number of aromatic nitrogens is 2. The molecule has 0 radical (unpaired) electrons. The molecule has 1 atom stereocenters. The van der Waals surface area contributed by atoms with Gasteiger partial charge in [-0.1, -0.05) is 25.4 Å². The van der Waals surface area contributed by atoms with Crippen LogP contribution in [0.2, 0.25) is 5.02 Å². The third kappa shape index (κ3) is 3.81. The van der Waals surface area contributed by atoms with Crippen molar-refractivity contribution in [2.45, 2.75) is 72.4 Å². The Bertz CT molecular complexity index is 459. The molecule has 1 heterocycles. The van der Waals surface area contributed by atoms with E-state index in [1.165, 1.54) is 25.7 Å². The Kier molecular flexibility index (Phi) is 5.73. The summed E-state index contributed by atoms with van der Waals surface area (Å²) in [6.07, 6.45) is 6.04. The second-order valence-electron chi connectivity index (χ2n) is 6.95. The van der Waals surface area contributed by atoms with Gasteiger partial charge in [0.25, 0.3) is 0 Å². The topological polar surface area (TPSA) is 43.8 Å². The normalized spacial score (nSPS) is 24.5. The van der Waals surface area contributed by atoms with Crippen LogP contribution >= 0.6 is 11.6 Å². The van der Waals surface area contributed by atoms with Crippen LogP contribution in [0.4, 0.5) is 0 Å². The molecule has 1 aromatic heterocycles. The Morgan fingerprint density at radius 2 is 1.81 bits per heavy atom. The summed E-state index contributed by atoms with van der Waals surface area (Å²) >= 11 is 6.40. The van der Waals surface area contributed by atoms with Crippen molar-refractivity contribution in [1.29, 1.82) is 0 Å². The third-order valence-corrected chi connectivity index (χ3v) is 5.74. The van der Waals surface area contributed by atoms with E-state index in [0.29, 0.717) is 5.92 Å². The highest BCUT2D eigenvalue weighted by molar-refractivity contribution is 6.31. The monoisotopic (exact) mass is 311 g/mol. The fraction of sp³-hybridized carbons (Fsp3) is 0.824. The van der Waals surface area contributed by atoms with Gasteiger partial charge < -0.3 is 5.73 Å². The highest BCUT2D eigenvalue weighted by atomic mass is 35.5. The zero-order chi connectivity index (χ0) is 15.6. The molecule has 21 heavy (non-hydrogen) atoms. The Balaban J connectivity index is 1.98. The first-order chi connectivity index (χ1) is 9.93. The van der Waals surface area contributed by atoms with Crippen LogP contribution in [-0.4, -0.2) is 15.8 Å². The first-order valence-corrected chi connectivity index (χ1v) is 8.79. The van der Waals surface area contributed by atoms with E-state index >= 15 is 0 Å². The predicted octanol–water partition coefficient (Wildman–Crippen LogP) is 4.20. The van der Waals surface area contributed by atoms with E-state index < -0.39 is 0 Å². The summed E-state index contributed by atoms with van der Waals surface area (Å²) in [5.41, 5.74) is 8.55. The van der Waals surface area contributed by atoms with Crippen molar-refractivity contribution in [2.24, 2.45) is 23.5 Å². The molecule has 0 aromatic carbocycles. The number of rotatable bonds is 5. The van der Waals surface area contributed by atoms with Crippen LogP contribution in [0.5, 0.6) is 0 Å². The van der Waals surface area contributed by atoms with Crippen LogP contribution in [0, 0.1) is 24.7 Å². The number of nitrogens with zero attached hydrogens (tertiary/aromatic N) is 2. The van der Waals surface area contributed by atoms with E-state index in [9.17, 15) is 0 Å². The fourth-order valence-corrected chi connectivity index (χ4v) is 3.91. The van der Waals surface area contributed by atoms with Gasteiger partial charge in [0.1, 0.15) is 0 Å². The minimum absolute atomic E-state index is 0.206. The van der Waals surface area contributed by atoms with Crippen molar-refractivity contribution < 1.29 is 0 Å². The predicted molar refractivity (Wildman–Crippen MR) is 89.6 cm³/mol. The molecule has 1 fully saturated rings.